The zero-order chi connectivity index (χ0) is 17.9. The summed E-state index contributed by atoms with van der Waals surface area (Å²) < 4.78 is 0. The molecule has 1 unspecified atom stereocenters. The molecule has 2 aromatic carbocycles. The normalized spacial score (nSPS) is 17.2. The summed E-state index contributed by atoms with van der Waals surface area (Å²) in [6, 6.07) is 17.8. The van der Waals surface area contributed by atoms with E-state index in [4.69, 9.17) is 4.98 Å². The van der Waals surface area contributed by atoms with Crippen molar-refractivity contribution in [2.75, 3.05) is 26.2 Å². The number of aryl methyl sites for hydroxylation is 2. The highest BCUT2D eigenvalue weighted by Crippen LogP contribution is 2.32. The van der Waals surface area contributed by atoms with Gasteiger partial charge >= 0.3 is 0 Å². The van der Waals surface area contributed by atoms with Crippen LogP contribution in [0, 0.1) is 13.8 Å². The summed E-state index contributed by atoms with van der Waals surface area (Å²) in [6.07, 6.45) is 3.26. The van der Waals surface area contributed by atoms with Gasteiger partial charge in [-0.1, -0.05) is 42.0 Å². The predicted octanol–water partition coefficient (Wildman–Crippen LogP) is 4.24. The van der Waals surface area contributed by atoms with Crippen LogP contribution in [0.3, 0.4) is 0 Å². The minimum Gasteiger partial charge on any atom is -0.315 e. The van der Waals surface area contributed by atoms with Crippen LogP contribution in [0.1, 0.15) is 34.7 Å². The standard InChI is InChI=1S/C23H27N3/c1-17-8-9-21(18(2)14-17)23(26-12-5-10-24-11-13-26)20-15-19-6-3-4-7-22(19)25-16-20/h3-4,6-9,14-16,23-24H,5,10-13H2,1-2H3. The quantitative estimate of drug-likeness (QED) is 0.770. The summed E-state index contributed by atoms with van der Waals surface area (Å²) in [5, 5.41) is 4.75. The van der Waals surface area contributed by atoms with Gasteiger partial charge in [0.2, 0.25) is 0 Å². The maximum Gasteiger partial charge on any atom is 0.0702 e. The Labute approximate surface area is 156 Å². The molecular weight excluding hydrogens is 318 g/mol. The van der Waals surface area contributed by atoms with Crippen molar-refractivity contribution in [2.24, 2.45) is 0 Å². The van der Waals surface area contributed by atoms with Crippen molar-refractivity contribution < 1.29 is 0 Å². The fraction of sp³-hybridized carbons (Fsp3) is 0.348. The number of fused-ring (bicyclic) bond motifs is 1. The molecule has 1 saturated heterocycles. The molecule has 2 heterocycles. The first-order valence-electron chi connectivity index (χ1n) is 9.59. The molecule has 0 spiro atoms. The maximum absolute atomic E-state index is 4.75. The Balaban J connectivity index is 1.82. The molecule has 1 N–H and O–H groups in total. The number of nitrogens with zero attached hydrogens (tertiary/aromatic N) is 2. The van der Waals surface area contributed by atoms with Gasteiger partial charge in [-0.15, -0.1) is 0 Å². The first-order chi connectivity index (χ1) is 12.7. The summed E-state index contributed by atoms with van der Waals surface area (Å²) in [6.45, 7) is 8.72. The molecule has 1 aliphatic heterocycles. The van der Waals surface area contributed by atoms with Crippen LogP contribution >= 0.6 is 0 Å². The second kappa shape index (κ2) is 7.56. The van der Waals surface area contributed by atoms with E-state index in [1.165, 1.54) is 34.1 Å². The highest BCUT2D eigenvalue weighted by molar-refractivity contribution is 5.79. The van der Waals surface area contributed by atoms with Gasteiger partial charge in [-0.25, -0.2) is 0 Å². The molecule has 1 aromatic heterocycles. The zero-order valence-corrected chi connectivity index (χ0v) is 15.7. The highest BCUT2D eigenvalue weighted by Gasteiger charge is 2.25. The van der Waals surface area contributed by atoms with Crippen molar-refractivity contribution in [1.29, 1.82) is 0 Å². The Bertz CT molecular complexity index is 895. The molecule has 0 bridgehead atoms. The van der Waals surface area contributed by atoms with E-state index in [9.17, 15) is 0 Å². The molecule has 1 fully saturated rings. The summed E-state index contributed by atoms with van der Waals surface area (Å²) in [4.78, 5) is 7.37. The van der Waals surface area contributed by atoms with Crippen molar-refractivity contribution >= 4 is 10.9 Å². The van der Waals surface area contributed by atoms with Crippen LogP contribution in [0.5, 0.6) is 0 Å². The first kappa shape index (κ1) is 17.2. The maximum atomic E-state index is 4.75. The van der Waals surface area contributed by atoms with Gasteiger partial charge in [0.15, 0.2) is 0 Å². The van der Waals surface area contributed by atoms with Crippen molar-refractivity contribution in [3.8, 4) is 0 Å². The van der Waals surface area contributed by atoms with Gasteiger partial charge in [0, 0.05) is 31.2 Å². The minimum atomic E-state index is 0.257. The Morgan fingerprint density at radius 3 is 2.77 bits per heavy atom. The SMILES string of the molecule is Cc1ccc(C(c2cnc3ccccc3c2)N2CCCNCC2)c(C)c1. The molecule has 3 heteroatoms. The van der Waals surface area contributed by atoms with Crippen LogP contribution < -0.4 is 5.32 Å². The third-order valence-corrected chi connectivity index (χ3v) is 5.39. The number of benzene rings is 2. The number of rotatable bonds is 3. The molecule has 0 radical (unpaired) electrons. The van der Waals surface area contributed by atoms with Crippen LogP contribution in [0.4, 0.5) is 0 Å². The van der Waals surface area contributed by atoms with Crippen molar-refractivity contribution in [1.82, 2.24) is 15.2 Å². The number of hydrogen-bond acceptors (Lipinski definition) is 3. The molecule has 1 aliphatic rings. The van der Waals surface area contributed by atoms with Gasteiger partial charge in [0.1, 0.15) is 0 Å². The van der Waals surface area contributed by atoms with Gasteiger partial charge in [0.25, 0.3) is 0 Å². The molecule has 0 aliphatic carbocycles. The Morgan fingerprint density at radius 2 is 1.88 bits per heavy atom. The van der Waals surface area contributed by atoms with E-state index in [0.717, 1.165) is 31.7 Å². The van der Waals surface area contributed by atoms with E-state index >= 15 is 0 Å². The van der Waals surface area contributed by atoms with E-state index < -0.39 is 0 Å². The second-order valence-corrected chi connectivity index (χ2v) is 7.36. The first-order valence-corrected chi connectivity index (χ1v) is 9.59. The predicted molar refractivity (Wildman–Crippen MR) is 109 cm³/mol. The Morgan fingerprint density at radius 1 is 1.00 bits per heavy atom. The van der Waals surface area contributed by atoms with Crippen LogP contribution in [0.15, 0.2) is 54.7 Å². The second-order valence-electron chi connectivity index (χ2n) is 7.36. The van der Waals surface area contributed by atoms with Crippen LogP contribution in [0.2, 0.25) is 0 Å². The van der Waals surface area contributed by atoms with Crippen LogP contribution in [-0.2, 0) is 0 Å². The fourth-order valence-electron chi connectivity index (χ4n) is 4.08. The lowest BCUT2D eigenvalue weighted by molar-refractivity contribution is 0.240. The van der Waals surface area contributed by atoms with E-state index in [1.807, 2.05) is 0 Å². The molecule has 134 valence electrons. The highest BCUT2D eigenvalue weighted by atomic mass is 15.2. The number of pyridine rings is 1. The molecule has 26 heavy (non-hydrogen) atoms. The third-order valence-electron chi connectivity index (χ3n) is 5.39. The summed E-state index contributed by atoms with van der Waals surface area (Å²) in [5.41, 5.74) is 6.43. The Kier molecular flexibility index (Phi) is 5.00. The van der Waals surface area contributed by atoms with Gasteiger partial charge < -0.3 is 5.32 Å². The third kappa shape index (κ3) is 3.50. The number of hydrogen-bond donors (Lipinski definition) is 1. The summed E-state index contributed by atoms with van der Waals surface area (Å²) in [7, 11) is 0. The van der Waals surface area contributed by atoms with Gasteiger partial charge in [0.05, 0.1) is 11.6 Å². The topological polar surface area (TPSA) is 28.2 Å². The van der Waals surface area contributed by atoms with Crippen molar-refractivity contribution in [3.63, 3.8) is 0 Å². The lowest BCUT2D eigenvalue weighted by Crippen LogP contribution is -2.33. The largest absolute Gasteiger partial charge is 0.315 e. The van der Waals surface area contributed by atoms with E-state index in [-0.39, 0.29) is 6.04 Å². The van der Waals surface area contributed by atoms with Gasteiger partial charge in [-0.3, -0.25) is 9.88 Å². The van der Waals surface area contributed by atoms with E-state index in [1.54, 1.807) is 0 Å². The van der Waals surface area contributed by atoms with Crippen molar-refractivity contribution in [3.05, 3.63) is 77.0 Å². The lowest BCUT2D eigenvalue weighted by Gasteiger charge is -2.32. The molecule has 0 saturated carbocycles. The zero-order valence-electron chi connectivity index (χ0n) is 15.7. The lowest BCUT2D eigenvalue weighted by atomic mass is 9.92. The average molecular weight is 345 g/mol. The number of para-hydroxylation sites is 1. The Hall–Kier alpha value is -2.23. The molecule has 3 nitrogen and oxygen atoms in total. The average Bonchev–Trinajstić information content (AvgIpc) is 2.93. The smallest absolute Gasteiger partial charge is 0.0702 e. The van der Waals surface area contributed by atoms with Gasteiger partial charge in [-0.2, -0.15) is 0 Å². The fourth-order valence-corrected chi connectivity index (χ4v) is 4.08. The van der Waals surface area contributed by atoms with Crippen molar-refractivity contribution in [2.45, 2.75) is 26.3 Å². The molecule has 4 rings (SSSR count). The van der Waals surface area contributed by atoms with Gasteiger partial charge in [-0.05, 0) is 55.6 Å². The monoisotopic (exact) mass is 345 g/mol. The van der Waals surface area contributed by atoms with Crippen LogP contribution in [0.25, 0.3) is 10.9 Å². The van der Waals surface area contributed by atoms with E-state index in [2.05, 4.69) is 78.8 Å². The molecular formula is C23H27N3. The minimum absolute atomic E-state index is 0.257. The number of aromatic nitrogens is 1. The molecule has 3 aromatic rings. The molecule has 0 amide bonds. The van der Waals surface area contributed by atoms with Crippen LogP contribution in [-0.4, -0.2) is 36.1 Å². The molecule has 1 atom stereocenters. The summed E-state index contributed by atoms with van der Waals surface area (Å²) in [5.74, 6) is 0. The number of nitrogens with one attached hydrogen (secondary N) is 1. The van der Waals surface area contributed by atoms with E-state index in [0.29, 0.717) is 0 Å². The summed E-state index contributed by atoms with van der Waals surface area (Å²) >= 11 is 0.